The molecule has 0 saturated carbocycles. The molecule has 1 N–H and O–H groups in total. The molecule has 1 amide bonds. The minimum Gasteiger partial charge on any atom is -0.296 e. The fraction of sp³-hybridized carbons (Fsp3) is 0.278. The van der Waals surface area contributed by atoms with Crippen molar-refractivity contribution >= 4 is 29.1 Å². The molecule has 0 aromatic heterocycles. The van der Waals surface area contributed by atoms with Gasteiger partial charge in [-0.2, -0.15) is 0 Å². The van der Waals surface area contributed by atoms with Crippen LogP contribution in [0.3, 0.4) is 0 Å². The first kappa shape index (κ1) is 17.2. The van der Waals surface area contributed by atoms with Gasteiger partial charge in [-0.15, -0.1) is 0 Å². The van der Waals surface area contributed by atoms with E-state index in [9.17, 15) is 4.79 Å². The lowest BCUT2D eigenvalue weighted by Gasteiger charge is -2.34. The van der Waals surface area contributed by atoms with E-state index in [0.29, 0.717) is 15.6 Å². The molecule has 1 fully saturated rings. The van der Waals surface area contributed by atoms with E-state index in [1.807, 2.05) is 11.1 Å². The van der Waals surface area contributed by atoms with Crippen LogP contribution in [0.15, 0.2) is 48.5 Å². The fourth-order valence-electron chi connectivity index (χ4n) is 2.74. The van der Waals surface area contributed by atoms with Gasteiger partial charge >= 0.3 is 0 Å². The van der Waals surface area contributed by atoms with Crippen LogP contribution in [0, 0.1) is 0 Å². The zero-order chi connectivity index (χ0) is 16.9. The van der Waals surface area contributed by atoms with Crippen molar-refractivity contribution in [3.8, 4) is 0 Å². The Kier molecular flexibility index (Phi) is 5.74. The lowest BCUT2D eigenvalue weighted by atomic mass is 10.2. The predicted octanol–water partition coefficient (Wildman–Crippen LogP) is 3.46. The Morgan fingerprint density at radius 3 is 2.38 bits per heavy atom. The molecule has 4 nitrogen and oxygen atoms in total. The van der Waals surface area contributed by atoms with Gasteiger partial charge in [-0.05, 0) is 23.8 Å². The van der Waals surface area contributed by atoms with Crippen LogP contribution in [0.4, 0.5) is 0 Å². The summed E-state index contributed by atoms with van der Waals surface area (Å²) in [7, 11) is 0. The third-order valence-corrected chi connectivity index (χ3v) is 4.60. The fourth-order valence-corrected chi connectivity index (χ4v) is 3.23. The van der Waals surface area contributed by atoms with E-state index in [2.05, 4.69) is 34.6 Å². The van der Waals surface area contributed by atoms with Crippen LogP contribution < -0.4 is 5.43 Å². The Balaban J connectivity index is 1.51. The number of hydrogen-bond donors (Lipinski definition) is 1. The number of nitrogens with zero attached hydrogens (tertiary/aromatic N) is 2. The molecule has 1 saturated heterocycles. The zero-order valence-electron chi connectivity index (χ0n) is 13.2. The number of piperazine rings is 1. The minimum absolute atomic E-state index is 0.201. The number of amides is 1. The Labute approximate surface area is 151 Å². The van der Waals surface area contributed by atoms with Crippen molar-refractivity contribution in [2.45, 2.75) is 6.54 Å². The van der Waals surface area contributed by atoms with Gasteiger partial charge in [0.25, 0.3) is 5.91 Å². The van der Waals surface area contributed by atoms with Gasteiger partial charge in [0.1, 0.15) is 0 Å². The molecule has 1 aliphatic rings. The Morgan fingerprint density at radius 1 is 1.00 bits per heavy atom. The van der Waals surface area contributed by atoms with Crippen molar-refractivity contribution in [3.63, 3.8) is 0 Å². The smallest absolute Gasteiger partial charge is 0.267 e. The molecule has 126 valence electrons. The Hall–Kier alpha value is -1.59. The van der Waals surface area contributed by atoms with Gasteiger partial charge < -0.3 is 0 Å². The molecule has 0 atom stereocenters. The first-order valence-corrected chi connectivity index (χ1v) is 8.65. The van der Waals surface area contributed by atoms with E-state index in [4.69, 9.17) is 23.2 Å². The van der Waals surface area contributed by atoms with E-state index in [0.717, 1.165) is 32.7 Å². The number of carbonyl (C=O) groups excluding carboxylic acids is 1. The second kappa shape index (κ2) is 7.99. The van der Waals surface area contributed by atoms with Crippen LogP contribution >= 0.6 is 23.2 Å². The second-order valence-corrected chi connectivity index (χ2v) is 6.66. The first-order chi connectivity index (χ1) is 11.6. The first-order valence-electron chi connectivity index (χ1n) is 7.89. The molecule has 2 aromatic rings. The molecular weight excluding hydrogens is 345 g/mol. The zero-order valence-corrected chi connectivity index (χ0v) is 14.7. The maximum absolute atomic E-state index is 12.3. The quantitative estimate of drug-likeness (QED) is 0.903. The highest BCUT2D eigenvalue weighted by Gasteiger charge is 2.20. The van der Waals surface area contributed by atoms with Crippen molar-refractivity contribution < 1.29 is 4.79 Å². The number of hydrazine groups is 1. The van der Waals surface area contributed by atoms with E-state index in [1.54, 1.807) is 18.2 Å². The second-order valence-electron chi connectivity index (χ2n) is 5.81. The molecule has 0 spiro atoms. The third kappa shape index (κ3) is 4.48. The third-order valence-electron chi connectivity index (χ3n) is 4.06. The highest BCUT2D eigenvalue weighted by molar-refractivity contribution is 6.36. The maximum atomic E-state index is 12.3. The van der Waals surface area contributed by atoms with Gasteiger partial charge in [-0.3, -0.25) is 15.1 Å². The summed E-state index contributed by atoms with van der Waals surface area (Å²) in [5, 5.41) is 2.82. The monoisotopic (exact) mass is 363 g/mol. The molecule has 24 heavy (non-hydrogen) atoms. The SMILES string of the molecule is O=C(NN1CCN(Cc2ccccc2)CC1)c1ccc(Cl)cc1Cl. The number of nitrogens with one attached hydrogen (secondary N) is 1. The van der Waals surface area contributed by atoms with E-state index in [1.165, 1.54) is 5.56 Å². The van der Waals surface area contributed by atoms with Crippen LogP contribution in [0.5, 0.6) is 0 Å². The number of rotatable bonds is 4. The van der Waals surface area contributed by atoms with Crippen LogP contribution in [-0.4, -0.2) is 42.0 Å². The molecule has 1 aliphatic heterocycles. The summed E-state index contributed by atoms with van der Waals surface area (Å²) in [6, 6.07) is 15.3. The van der Waals surface area contributed by atoms with Crippen molar-refractivity contribution in [1.82, 2.24) is 15.3 Å². The van der Waals surface area contributed by atoms with Gasteiger partial charge in [-0.25, -0.2) is 5.01 Å². The molecule has 6 heteroatoms. The van der Waals surface area contributed by atoms with Gasteiger partial charge in [-0.1, -0.05) is 53.5 Å². The molecule has 1 heterocycles. The summed E-state index contributed by atoms with van der Waals surface area (Å²) in [6.07, 6.45) is 0. The topological polar surface area (TPSA) is 35.6 Å². The minimum atomic E-state index is -0.201. The average Bonchev–Trinajstić information content (AvgIpc) is 2.57. The summed E-state index contributed by atoms with van der Waals surface area (Å²) in [5.74, 6) is -0.201. The Morgan fingerprint density at radius 2 is 1.71 bits per heavy atom. The number of benzene rings is 2. The van der Waals surface area contributed by atoms with Crippen LogP contribution in [0.2, 0.25) is 10.0 Å². The predicted molar refractivity (Wildman–Crippen MR) is 97.2 cm³/mol. The van der Waals surface area contributed by atoms with Crippen molar-refractivity contribution in [2.24, 2.45) is 0 Å². The van der Waals surface area contributed by atoms with E-state index in [-0.39, 0.29) is 5.91 Å². The summed E-state index contributed by atoms with van der Waals surface area (Å²) in [5.41, 5.74) is 4.67. The van der Waals surface area contributed by atoms with E-state index < -0.39 is 0 Å². The molecule has 0 unspecified atom stereocenters. The molecular formula is C18H19Cl2N3O. The molecule has 0 radical (unpaired) electrons. The molecule has 2 aromatic carbocycles. The van der Waals surface area contributed by atoms with E-state index >= 15 is 0 Å². The largest absolute Gasteiger partial charge is 0.296 e. The lowest BCUT2D eigenvalue weighted by molar-refractivity contribution is 0.0605. The van der Waals surface area contributed by atoms with Crippen LogP contribution in [0.25, 0.3) is 0 Å². The van der Waals surface area contributed by atoms with Gasteiger partial charge in [0.15, 0.2) is 0 Å². The maximum Gasteiger partial charge on any atom is 0.267 e. The molecule has 0 bridgehead atoms. The van der Waals surface area contributed by atoms with Crippen LogP contribution in [0.1, 0.15) is 15.9 Å². The summed E-state index contributed by atoms with van der Waals surface area (Å²) < 4.78 is 0. The average molecular weight is 364 g/mol. The highest BCUT2D eigenvalue weighted by Crippen LogP contribution is 2.21. The normalized spacial score (nSPS) is 16.1. The van der Waals surface area contributed by atoms with Crippen molar-refractivity contribution in [1.29, 1.82) is 0 Å². The van der Waals surface area contributed by atoms with Crippen LogP contribution in [-0.2, 0) is 6.54 Å². The van der Waals surface area contributed by atoms with Crippen molar-refractivity contribution in [3.05, 3.63) is 69.7 Å². The number of halogens is 2. The van der Waals surface area contributed by atoms with Gasteiger partial charge in [0.2, 0.25) is 0 Å². The van der Waals surface area contributed by atoms with Gasteiger partial charge in [0, 0.05) is 37.7 Å². The highest BCUT2D eigenvalue weighted by atomic mass is 35.5. The summed E-state index contributed by atoms with van der Waals surface area (Å²) in [6.45, 7) is 4.31. The summed E-state index contributed by atoms with van der Waals surface area (Å²) >= 11 is 11.9. The Bertz CT molecular complexity index is 701. The number of hydrogen-bond acceptors (Lipinski definition) is 3. The standard InChI is InChI=1S/C18H19Cl2N3O/c19-15-6-7-16(17(20)12-15)18(24)21-23-10-8-22(9-11-23)13-14-4-2-1-3-5-14/h1-7,12H,8-11,13H2,(H,21,24). The lowest BCUT2D eigenvalue weighted by Crippen LogP contribution is -2.53. The van der Waals surface area contributed by atoms with Crippen molar-refractivity contribution in [2.75, 3.05) is 26.2 Å². The molecule has 0 aliphatic carbocycles. The number of carbonyl (C=O) groups is 1. The van der Waals surface area contributed by atoms with Gasteiger partial charge in [0.05, 0.1) is 10.6 Å². The molecule has 3 rings (SSSR count). The summed E-state index contributed by atoms with van der Waals surface area (Å²) in [4.78, 5) is 14.7.